The number of ether oxygens (including phenoxy) is 1. The maximum Gasteiger partial charge on any atom is 0.294 e. The largest absolute Gasteiger partial charge is 0.390 e. The lowest BCUT2D eigenvalue weighted by Gasteiger charge is -2.22. The van der Waals surface area contributed by atoms with Crippen LogP contribution < -0.4 is 0 Å². The lowest BCUT2D eigenvalue weighted by Crippen LogP contribution is -2.21. The summed E-state index contributed by atoms with van der Waals surface area (Å²) in [5.74, 6) is 0.449. The van der Waals surface area contributed by atoms with E-state index < -0.39 is 10.1 Å². The van der Waals surface area contributed by atoms with Gasteiger partial charge in [-0.2, -0.15) is 13.5 Å². The van der Waals surface area contributed by atoms with Crippen LogP contribution in [0.3, 0.4) is 0 Å². The van der Waals surface area contributed by atoms with Crippen molar-refractivity contribution in [3.8, 4) is 0 Å². The van der Waals surface area contributed by atoms with Crippen LogP contribution in [0.15, 0.2) is 23.1 Å². The van der Waals surface area contributed by atoms with Crippen LogP contribution in [0.4, 0.5) is 0 Å². The maximum absolute atomic E-state index is 11.3. The first-order chi connectivity index (χ1) is 10.5. The van der Waals surface area contributed by atoms with Gasteiger partial charge in [0.15, 0.2) is 0 Å². The molecule has 0 bridgehead atoms. The van der Waals surface area contributed by atoms with Crippen molar-refractivity contribution in [1.82, 2.24) is 9.78 Å². The Morgan fingerprint density at radius 2 is 2.05 bits per heavy atom. The third-order valence-electron chi connectivity index (χ3n) is 4.02. The van der Waals surface area contributed by atoms with E-state index in [0.717, 1.165) is 31.6 Å². The van der Waals surface area contributed by atoms with Crippen LogP contribution in [0, 0.1) is 5.92 Å². The van der Waals surface area contributed by atoms with E-state index in [1.165, 1.54) is 12.1 Å². The molecule has 0 amide bonds. The Labute approximate surface area is 128 Å². The molecule has 2 heterocycles. The molecule has 120 valence electrons. The molecule has 1 aromatic carbocycles. The highest BCUT2D eigenvalue weighted by Crippen LogP contribution is 2.25. The molecule has 1 aromatic heterocycles. The van der Waals surface area contributed by atoms with Gasteiger partial charge in [0.2, 0.25) is 0 Å². The minimum atomic E-state index is -4.27. The number of aromatic nitrogens is 2. The molecule has 1 aliphatic rings. The highest BCUT2D eigenvalue weighted by atomic mass is 32.2. The van der Waals surface area contributed by atoms with Gasteiger partial charge in [0.1, 0.15) is 0 Å². The summed E-state index contributed by atoms with van der Waals surface area (Å²) in [4.78, 5) is -0.194. The van der Waals surface area contributed by atoms with Crippen molar-refractivity contribution in [3.63, 3.8) is 0 Å². The van der Waals surface area contributed by atoms with Crippen molar-refractivity contribution in [1.29, 1.82) is 0 Å². The number of fused-ring (bicyclic) bond motifs is 1. The van der Waals surface area contributed by atoms with Gasteiger partial charge in [-0.25, -0.2) is 0 Å². The summed E-state index contributed by atoms with van der Waals surface area (Å²) in [6, 6.07) is 4.31. The molecule has 22 heavy (non-hydrogen) atoms. The Morgan fingerprint density at radius 1 is 1.32 bits per heavy atom. The quantitative estimate of drug-likeness (QED) is 0.819. The monoisotopic (exact) mass is 326 g/mol. The van der Waals surface area contributed by atoms with Gasteiger partial charge in [0.25, 0.3) is 10.1 Å². The van der Waals surface area contributed by atoms with E-state index >= 15 is 0 Å². The zero-order chi connectivity index (χ0) is 15.7. The van der Waals surface area contributed by atoms with Crippen LogP contribution in [0.1, 0.15) is 18.5 Å². The lowest BCUT2D eigenvalue weighted by molar-refractivity contribution is 0.0604. The van der Waals surface area contributed by atoms with E-state index in [2.05, 4.69) is 5.10 Å². The molecule has 1 saturated heterocycles. The first kappa shape index (κ1) is 15.4. The van der Waals surface area contributed by atoms with Crippen LogP contribution in [0.2, 0.25) is 0 Å². The number of hydrogen-bond donors (Lipinski definition) is 2. The predicted molar refractivity (Wildman–Crippen MR) is 79.0 cm³/mol. The van der Waals surface area contributed by atoms with E-state index in [4.69, 9.17) is 9.29 Å². The summed E-state index contributed by atoms with van der Waals surface area (Å²) in [5.41, 5.74) is 1.16. The average molecular weight is 326 g/mol. The summed E-state index contributed by atoms with van der Waals surface area (Å²) in [6.07, 6.45) is 1.91. The Kier molecular flexibility index (Phi) is 4.18. The predicted octanol–water partition coefficient (Wildman–Crippen LogP) is 1.20. The van der Waals surface area contributed by atoms with E-state index in [1.54, 1.807) is 10.7 Å². The molecule has 0 atom stereocenters. The fourth-order valence-electron chi connectivity index (χ4n) is 2.81. The SMILES string of the molecule is O=S(=O)(O)c1ccc2c(c1)c(CO)nn2CC1CCOCC1. The molecule has 1 fully saturated rings. The van der Waals surface area contributed by atoms with Crippen LogP contribution in [-0.2, 0) is 28.0 Å². The van der Waals surface area contributed by atoms with Gasteiger partial charge in [-0.1, -0.05) is 0 Å². The molecule has 1 aliphatic heterocycles. The fourth-order valence-corrected chi connectivity index (χ4v) is 3.32. The highest BCUT2D eigenvalue weighted by molar-refractivity contribution is 7.85. The van der Waals surface area contributed by atoms with Gasteiger partial charge in [-0.15, -0.1) is 0 Å². The van der Waals surface area contributed by atoms with E-state index in [1.807, 2.05) is 0 Å². The third-order valence-corrected chi connectivity index (χ3v) is 4.87. The van der Waals surface area contributed by atoms with E-state index in [-0.39, 0.29) is 11.5 Å². The van der Waals surface area contributed by atoms with Crippen molar-refractivity contribution in [2.75, 3.05) is 13.2 Å². The van der Waals surface area contributed by atoms with Gasteiger partial charge in [0.05, 0.1) is 22.7 Å². The molecule has 2 aromatic rings. The first-order valence-corrected chi connectivity index (χ1v) is 8.58. The Hall–Kier alpha value is -1.48. The number of nitrogens with zero attached hydrogens (tertiary/aromatic N) is 2. The second-order valence-electron chi connectivity index (χ2n) is 5.50. The molecule has 2 N–H and O–H groups in total. The van der Waals surface area contributed by atoms with Gasteiger partial charge in [-0.3, -0.25) is 9.23 Å². The van der Waals surface area contributed by atoms with Crippen molar-refractivity contribution in [3.05, 3.63) is 23.9 Å². The molecule has 7 nitrogen and oxygen atoms in total. The van der Waals surface area contributed by atoms with Gasteiger partial charge in [0, 0.05) is 25.1 Å². The first-order valence-electron chi connectivity index (χ1n) is 7.14. The maximum atomic E-state index is 11.3. The van der Waals surface area contributed by atoms with Crippen LogP contribution >= 0.6 is 0 Å². The van der Waals surface area contributed by atoms with Gasteiger partial charge < -0.3 is 9.84 Å². The average Bonchev–Trinajstić information content (AvgIpc) is 2.85. The summed E-state index contributed by atoms with van der Waals surface area (Å²) in [7, 11) is -4.27. The van der Waals surface area contributed by atoms with Crippen molar-refractivity contribution >= 4 is 21.0 Å². The topological polar surface area (TPSA) is 102 Å². The van der Waals surface area contributed by atoms with Crippen LogP contribution in [0.25, 0.3) is 10.9 Å². The smallest absolute Gasteiger partial charge is 0.294 e. The van der Waals surface area contributed by atoms with E-state index in [0.29, 0.717) is 23.5 Å². The lowest BCUT2D eigenvalue weighted by atomic mass is 10.0. The fraction of sp³-hybridized carbons (Fsp3) is 0.500. The number of rotatable bonds is 4. The molecule has 0 unspecified atom stereocenters. The van der Waals surface area contributed by atoms with Crippen molar-refractivity contribution < 1.29 is 22.8 Å². The minimum absolute atomic E-state index is 0.194. The van der Waals surface area contributed by atoms with E-state index in [9.17, 15) is 13.5 Å². The number of hydrogen-bond acceptors (Lipinski definition) is 5. The number of aliphatic hydroxyl groups excluding tert-OH is 1. The second kappa shape index (κ2) is 5.96. The normalized spacial score (nSPS) is 17.2. The third kappa shape index (κ3) is 3.00. The summed E-state index contributed by atoms with van der Waals surface area (Å²) >= 11 is 0. The molecule has 0 aliphatic carbocycles. The molecule has 0 saturated carbocycles. The Balaban J connectivity index is 2.00. The molecule has 8 heteroatoms. The minimum Gasteiger partial charge on any atom is -0.390 e. The van der Waals surface area contributed by atoms with Crippen molar-refractivity contribution in [2.45, 2.75) is 30.9 Å². The van der Waals surface area contributed by atoms with Crippen molar-refractivity contribution in [2.24, 2.45) is 5.92 Å². The molecule has 3 rings (SSSR count). The van der Waals surface area contributed by atoms with Crippen LogP contribution in [-0.4, -0.2) is 41.1 Å². The molecular formula is C14H18N2O5S. The molecular weight excluding hydrogens is 308 g/mol. The zero-order valence-electron chi connectivity index (χ0n) is 12.0. The standard InChI is InChI=1S/C14H18N2O5S/c17-9-13-12-7-11(22(18,19)20)1-2-14(12)16(15-13)8-10-3-5-21-6-4-10/h1-2,7,10,17H,3-6,8-9H2,(H,18,19,20). The summed E-state index contributed by atoms with van der Waals surface area (Å²) < 4.78 is 38.8. The summed E-state index contributed by atoms with van der Waals surface area (Å²) in [6.45, 7) is 1.89. The number of benzene rings is 1. The number of aliphatic hydroxyl groups is 1. The van der Waals surface area contributed by atoms with Gasteiger partial charge in [-0.05, 0) is 37.0 Å². The second-order valence-corrected chi connectivity index (χ2v) is 6.92. The van der Waals surface area contributed by atoms with Gasteiger partial charge >= 0.3 is 0 Å². The molecule has 0 radical (unpaired) electrons. The van der Waals surface area contributed by atoms with Crippen LogP contribution in [0.5, 0.6) is 0 Å². The molecule has 0 spiro atoms. The highest BCUT2D eigenvalue weighted by Gasteiger charge is 2.19. The Morgan fingerprint density at radius 3 is 2.68 bits per heavy atom. The zero-order valence-corrected chi connectivity index (χ0v) is 12.8. The summed E-state index contributed by atoms with van der Waals surface area (Å²) in [5, 5.41) is 14.4. The Bertz CT molecular complexity index is 778.